The van der Waals surface area contributed by atoms with E-state index in [1.807, 2.05) is 12.1 Å². The summed E-state index contributed by atoms with van der Waals surface area (Å²) in [7, 11) is -3.52. The summed E-state index contributed by atoms with van der Waals surface area (Å²) in [6, 6.07) is 13.7. The van der Waals surface area contributed by atoms with Gasteiger partial charge in [0.1, 0.15) is 0 Å². The number of aromatic nitrogens is 2. The first-order valence-electron chi connectivity index (χ1n) is 13.1. The van der Waals surface area contributed by atoms with Crippen LogP contribution >= 0.6 is 11.6 Å². The van der Waals surface area contributed by atoms with Crippen molar-refractivity contribution in [2.75, 3.05) is 31.5 Å². The molecule has 1 N–H and O–H groups in total. The van der Waals surface area contributed by atoms with Gasteiger partial charge in [-0.3, -0.25) is 9.69 Å². The van der Waals surface area contributed by atoms with E-state index in [2.05, 4.69) is 20.4 Å². The number of halogens is 1. The lowest BCUT2D eigenvalue weighted by molar-refractivity contribution is -0.121. The molecule has 0 saturated carbocycles. The molecule has 1 unspecified atom stereocenters. The van der Waals surface area contributed by atoms with Gasteiger partial charge in [-0.1, -0.05) is 29.6 Å². The van der Waals surface area contributed by atoms with E-state index >= 15 is 0 Å². The fourth-order valence-electron chi connectivity index (χ4n) is 5.03. The number of hydrogen-bond donors (Lipinski definition) is 1. The van der Waals surface area contributed by atoms with Crippen LogP contribution in [0.3, 0.4) is 0 Å². The van der Waals surface area contributed by atoms with Gasteiger partial charge in [0.25, 0.3) is 0 Å². The van der Waals surface area contributed by atoms with Crippen molar-refractivity contribution in [2.24, 2.45) is 5.92 Å². The molecule has 1 aromatic heterocycles. The summed E-state index contributed by atoms with van der Waals surface area (Å²) in [6.07, 6.45) is 5.57. The molecule has 2 fully saturated rings. The van der Waals surface area contributed by atoms with Gasteiger partial charge in [-0.05, 0) is 80.8 Å². The van der Waals surface area contributed by atoms with Crippen LogP contribution in [0.2, 0.25) is 5.02 Å². The molecule has 3 heterocycles. The summed E-state index contributed by atoms with van der Waals surface area (Å²) >= 11 is 5.95. The molecule has 38 heavy (non-hydrogen) atoms. The maximum absolute atomic E-state index is 13.0. The van der Waals surface area contributed by atoms with Crippen molar-refractivity contribution in [2.45, 2.75) is 50.0 Å². The minimum atomic E-state index is -3.52. The molecule has 2 aliphatic heterocycles. The fraction of sp³-hybridized carbons (Fsp3) is 0.444. The first-order chi connectivity index (χ1) is 18.4. The van der Waals surface area contributed by atoms with Crippen LogP contribution < -0.4 is 5.32 Å². The first-order valence-corrected chi connectivity index (χ1v) is 14.9. The number of hydrogen-bond acceptors (Lipinski definition) is 7. The third-order valence-corrected chi connectivity index (χ3v) is 9.30. The Labute approximate surface area is 228 Å². The third-order valence-electron chi connectivity index (χ3n) is 7.13. The van der Waals surface area contributed by atoms with Crippen LogP contribution in [0.15, 0.2) is 57.9 Å². The Balaban J connectivity index is 1.16. The highest BCUT2D eigenvalue weighted by Gasteiger charge is 2.28. The fourth-order valence-corrected chi connectivity index (χ4v) is 6.67. The van der Waals surface area contributed by atoms with E-state index in [4.69, 9.17) is 16.1 Å². The van der Waals surface area contributed by atoms with Gasteiger partial charge in [0.05, 0.1) is 17.4 Å². The van der Waals surface area contributed by atoms with Crippen LogP contribution in [0, 0.1) is 5.92 Å². The van der Waals surface area contributed by atoms with Gasteiger partial charge in [-0.2, -0.15) is 9.29 Å². The highest BCUT2D eigenvalue weighted by atomic mass is 35.5. The average molecular weight is 558 g/mol. The van der Waals surface area contributed by atoms with E-state index in [1.54, 1.807) is 40.7 Å². The second kappa shape index (κ2) is 11.9. The number of nitrogens with zero attached hydrogens (tertiary/aromatic N) is 4. The summed E-state index contributed by atoms with van der Waals surface area (Å²) in [5.41, 5.74) is 1.41. The van der Waals surface area contributed by atoms with Crippen LogP contribution in [-0.4, -0.2) is 59.8 Å². The Morgan fingerprint density at radius 2 is 1.68 bits per heavy atom. The number of carbonyl (C=O) groups is 1. The topological polar surface area (TPSA) is 109 Å². The molecular formula is C27H32ClN5O4S. The van der Waals surface area contributed by atoms with Gasteiger partial charge in [-0.15, -0.1) is 0 Å². The molecule has 0 spiro atoms. The van der Waals surface area contributed by atoms with Crippen LogP contribution in [0.5, 0.6) is 0 Å². The zero-order chi connectivity index (χ0) is 26.5. The standard InChI is InChI=1S/C27H32ClN5O4S/c28-22-9-7-20(8-10-22)26-30-25(37-31-26)19-32-15-5-6-21(18-32)27(34)29-23-11-13-24(14-12-23)38(35,36)33-16-3-1-2-4-17-33/h7-14,21H,1-6,15-19H2,(H,29,34). The molecule has 0 bridgehead atoms. The monoisotopic (exact) mass is 557 g/mol. The summed E-state index contributed by atoms with van der Waals surface area (Å²) < 4.78 is 33.0. The predicted molar refractivity (Wildman–Crippen MR) is 145 cm³/mol. The molecule has 11 heteroatoms. The van der Waals surface area contributed by atoms with Gasteiger partial charge in [-0.25, -0.2) is 8.42 Å². The minimum Gasteiger partial charge on any atom is -0.338 e. The Morgan fingerprint density at radius 1 is 0.974 bits per heavy atom. The molecule has 2 aliphatic rings. The molecule has 1 atom stereocenters. The maximum Gasteiger partial charge on any atom is 0.243 e. The number of rotatable bonds is 7. The van der Waals surface area contributed by atoms with E-state index in [9.17, 15) is 13.2 Å². The van der Waals surface area contributed by atoms with Crippen molar-refractivity contribution in [3.05, 3.63) is 59.4 Å². The number of anilines is 1. The highest BCUT2D eigenvalue weighted by molar-refractivity contribution is 7.89. The summed E-state index contributed by atoms with van der Waals surface area (Å²) in [5.74, 6) is 0.731. The van der Waals surface area contributed by atoms with Gasteiger partial charge in [0.15, 0.2) is 0 Å². The number of sulfonamides is 1. The molecule has 0 aliphatic carbocycles. The smallest absolute Gasteiger partial charge is 0.243 e. The third kappa shape index (κ3) is 6.43. The average Bonchev–Trinajstić information content (AvgIpc) is 3.20. The molecule has 5 rings (SSSR count). The predicted octanol–water partition coefficient (Wildman–Crippen LogP) is 4.81. The number of nitrogens with one attached hydrogen (secondary N) is 1. The van der Waals surface area contributed by atoms with Crippen molar-refractivity contribution in [3.63, 3.8) is 0 Å². The normalized spacial score (nSPS) is 19.7. The van der Waals surface area contributed by atoms with Crippen molar-refractivity contribution < 1.29 is 17.7 Å². The lowest BCUT2D eigenvalue weighted by Crippen LogP contribution is -2.40. The van der Waals surface area contributed by atoms with Crippen LogP contribution in [0.4, 0.5) is 5.69 Å². The number of amides is 1. The number of benzene rings is 2. The van der Waals surface area contributed by atoms with E-state index in [0.29, 0.717) is 48.6 Å². The van der Waals surface area contributed by atoms with Crippen molar-refractivity contribution in [1.82, 2.24) is 19.3 Å². The second-order valence-electron chi connectivity index (χ2n) is 9.92. The minimum absolute atomic E-state index is 0.0785. The summed E-state index contributed by atoms with van der Waals surface area (Å²) in [4.78, 5) is 19.9. The first kappa shape index (κ1) is 26.8. The zero-order valence-electron chi connectivity index (χ0n) is 21.2. The lowest BCUT2D eigenvalue weighted by atomic mass is 9.97. The van der Waals surface area contributed by atoms with Gasteiger partial charge < -0.3 is 9.84 Å². The molecule has 3 aromatic rings. The number of carbonyl (C=O) groups excluding carboxylic acids is 1. The highest BCUT2D eigenvalue weighted by Crippen LogP contribution is 2.24. The van der Waals surface area contributed by atoms with E-state index < -0.39 is 10.0 Å². The second-order valence-corrected chi connectivity index (χ2v) is 12.3. The van der Waals surface area contributed by atoms with Crippen molar-refractivity contribution in [3.8, 4) is 11.4 Å². The van der Waals surface area contributed by atoms with E-state index in [0.717, 1.165) is 50.6 Å². The Morgan fingerprint density at radius 3 is 2.39 bits per heavy atom. The Kier molecular flexibility index (Phi) is 8.42. The molecule has 2 aromatic carbocycles. The van der Waals surface area contributed by atoms with Crippen molar-refractivity contribution >= 4 is 33.2 Å². The van der Waals surface area contributed by atoms with Gasteiger partial charge >= 0.3 is 0 Å². The van der Waals surface area contributed by atoms with Gasteiger partial charge in [0.2, 0.25) is 27.6 Å². The largest absolute Gasteiger partial charge is 0.338 e. The summed E-state index contributed by atoms with van der Waals surface area (Å²) in [5, 5.41) is 7.67. The maximum atomic E-state index is 13.0. The van der Waals surface area contributed by atoms with Crippen LogP contribution in [0.25, 0.3) is 11.4 Å². The molecule has 9 nitrogen and oxygen atoms in total. The molecular weight excluding hydrogens is 526 g/mol. The molecule has 202 valence electrons. The number of piperidine rings is 1. The quantitative estimate of drug-likeness (QED) is 0.444. The molecule has 0 radical (unpaired) electrons. The SMILES string of the molecule is O=C(Nc1ccc(S(=O)(=O)N2CCCCCC2)cc1)C1CCCN(Cc2nc(-c3ccc(Cl)cc3)no2)C1. The Hall–Kier alpha value is -2.79. The Bertz CT molecular complexity index is 1340. The van der Waals surface area contributed by atoms with Gasteiger partial charge in [0, 0.05) is 35.9 Å². The van der Waals surface area contributed by atoms with Crippen molar-refractivity contribution in [1.29, 1.82) is 0 Å². The number of likely N-dealkylation sites (tertiary alicyclic amines) is 1. The van der Waals surface area contributed by atoms with Crippen LogP contribution in [0.1, 0.15) is 44.4 Å². The zero-order valence-corrected chi connectivity index (χ0v) is 22.8. The lowest BCUT2D eigenvalue weighted by Gasteiger charge is -2.30. The summed E-state index contributed by atoms with van der Waals surface area (Å²) in [6.45, 7) is 3.00. The molecule has 2 saturated heterocycles. The van der Waals surface area contributed by atoms with E-state index in [-0.39, 0.29) is 16.7 Å². The van der Waals surface area contributed by atoms with Crippen LogP contribution in [-0.2, 0) is 21.4 Å². The van der Waals surface area contributed by atoms with E-state index in [1.165, 1.54) is 0 Å². The molecule has 1 amide bonds.